The summed E-state index contributed by atoms with van der Waals surface area (Å²) in [5, 5.41) is 6.78. The van der Waals surface area contributed by atoms with E-state index in [1.807, 2.05) is 36.4 Å². The fourth-order valence-electron chi connectivity index (χ4n) is 4.15. The third-order valence-corrected chi connectivity index (χ3v) is 7.39. The van der Waals surface area contributed by atoms with Crippen molar-refractivity contribution in [2.45, 2.75) is 20.8 Å². The van der Waals surface area contributed by atoms with Crippen LogP contribution in [-0.4, -0.2) is 40.6 Å². The maximum Gasteiger partial charge on any atom is 0.261 e. The van der Waals surface area contributed by atoms with E-state index >= 15 is 4.39 Å². The Labute approximate surface area is 235 Å². The molecule has 2 aromatic carbocycles. The molecule has 0 saturated carbocycles. The van der Waals surface area contributed by atoms with E-state index in [9.17, 15) is 4.79 Å². The predicted octanol–water partition coefficient (Wildman–Crippen LogP) is 7.14. The number of ether oxygens (including phenoxy) is 1. The summed E-state index contributed by atoms with van der Waals surface area (Å²) in [6.45, 7) is 8.46. The fraction of sp³-hybridized carbons (Fsp3) is 0.194. The smallest absolute Gasteiger partial charge is 0.261 e. The Balaban J connectivity index is 1.33. The molecule has 202 valence electrons. The van der Waals surface area contributed by atoms with Crippen LogP contribution in [0.5, 0.6) is 11.5 Å². The van der Waals surface area contributed by atoms with Gasteiger partial charge in [-0.3, -0.25) is 14.7 Å². The number of rotatable bonds is 8. The molecular weight excluding hydrogens is 527 g/mol. The van der Waals surface area contributed by atoms with E-state index in [0.29, 0.717) is 29.3 Å². The first-order chi connectivity index (χ1) is 19.5. The molecule has 3 heterocycles. The molecule has 3 aromatic heterocycles. The SMILES string of the molecule is CCN(CC)CC#Cc1cc2nccc(Oc3ccc(NC(=O)c4c(-c5ccccc5)noc4C)cc3F)c2s1. The van der Waals surface area contributed by atoms with Gasteiger partial charge in [-0.05, 0) is 38.2 Å². The maximum atomic E-state index is 15.1. The van der Waals surface area contributed by atoms with Gasteiger partial charge in [0.2, 0.25) is 0 Å². The van der Waals surface area contributed by atoms with Crippen molar-refractivity contribution in [3.63, 3.8) is 0 Å². The van der Waals surface area contributed by atoms with Crippen molar-refractivity contribution in [1.29, 1.82) is 0 Å². The number of anilines is 1. The molecule has 7 nitrogen and oxygen atoms in total. The first kappa shape index (κ1) is 27.1. The molecule has 0 aliphatic carbocycles. The van der Waals surface area contributed by atoms with Gasteiger partial charge in [-0.1, -0.05) is 61.2 Å². The minimum absolute atomic E-state index is 0.0270. The molecule has 40 heavy (non-hydrogen) atoms. The third-order valence-electron chi connectivity index (χ3n) is 6.33. The van der Waals surface area contributed by atoms with E-state index in [4.69, 9.17) is 9.26 Å². The van der Waals surface area contributed by atoms with Crippen molar-refractivity contribution in [1.82, 2.24) is 15.0 Å². The Bertz CT molecular complexity index is 1720. The van der Waals surface area contributed by atoms with Crippen LogP contribution in [0.1, 0.15) is 34.8 Å². The summed E-state index contributed by atoms with van der Waals surface area (Å²) >= 11 is 1.45. The van der Waals surface area contributed by atoms with Crippen molar-refractivity contribution in [3.8, 4) is 34.6 Å². The number of nitrogens with zero attached hydrogens (tertiary/aromatic N) is 3. The Morgan fingerprint density at radius 1 is 1.10 bits per heavy atom. The van der Waals surface area contributed by atoms with E-state index in [-0.39, 0.29) is 11.4 Å². The molecular formula is C31H27FN4O3S. The molecule has 1 amide bonds. The van der Waals surface area contributed by atoms with Crippen molar-refractivity contribution in [3.05, 3.63) is 88.9 Å². The highest BCUT2D eigenvalue weighted by Gasteiger charge is 2.22. The molecule has 0 aliphatic heterocycles. The monoisotopic (exact) mass is 554 g/mol. The number of aromatic nitrogens is 2. The molecule has 9 heteroatoms. The zero-order valence-corrected chi connectivity index (χ0v) is 23.1. The van der Waals surface area contributed by atoms with Crippen LogP contribution >= 0.6 is 11.3 Å². The molecule has 0 saturated heterocycles. The molecule has 0 spiro atoms. The number of pyridine rings is 1. The summed E-state index contributed by atoms with van der Waals surface area (Å²) < 4.78 is 27.1. The highest BCUT2D eigenvalue weighted by Crippen LogP contribution is 2.36. The number of nitrogens with one attached hydrogen (secondary N) is 1. The molecule has 0 bridgehead atoms. The Morgan fingerprint density at radius 2 is 1.90 bits per heavy atom. The second kappa shape index (κ2) is 12.1. The van der Waals surface area contributed by atoms with E-state index in [2.05, 4.69) is 46.0 Å². The molecule has 0 radical (unpaired) electrons. The van der Waals surface area contributed by atoms with E-state index < -0.39 is 11.7 Å². The lowest BCUT2D eigenvalue weighted by molar-refractivity contribution is 0.102. The highest BCUT2D eigenvalue weighted by atomic mass is 32.1. The number of carbonyl (C=O) groups is 1. The van der Waals surface area contributed by atoms with Crippen LogP contribution in [0.25, 0.3) is 21.5 Å². The van der Waals surface area contributed by atoms with Gasteiger partial charge in [0.05, 0.1) is 21.6 Å². The average molecular weight is 555 g/mol. The number of hydrogen-bond donors (Lipinski definition) is 1. The number of carbonyl (C=O) groups excluding carboxylic acids is 1. The quantitative estimate of drug-likeness (QED) is 0.206. The summed E-state index contributed by atoms with van der Waals surface area (Å²) in [7, 11) is 0. The summed E-state index contributed by atoms with van der Waals surface area (Å²) in [5.41, 5.74) is 2.47. The van der Waals surface area contributed by atoms with Crippen LogP contribution in [-0.2, 0) is 0 Å². The molecule has 0 unspecified atom stereocenters. The summed E-state index contributed by atoms with van der Waals surface area (Å²) in [4.78, 5) is 20.6. The lowest BCUT2D eigenvalue weighted by Crippen LogP contribution is -2.22. The van der Waals surface area contributed by atoms with E-state index in [0.717, 1.165) is 33.7 Å². The standard InChI is InChI=1S/C31H27FN4O3S/c1-4-36(5-2)17-9-12-23-19-25-30(40-23)27(15-16-33-25)38-26-14-13-22(18-24(26)32)34-31(37)28-20(3)39-35-29(28)21-10-7-6-8-11-21/h6-8,10-11,13-16,18-19H,4-5,17H2,1-3H3,(H,34,37). The minimum atomic E-state index is -0.621. The summed E-state index contributed by atoms with van der Waals surface area (Å²) in [6.07, 6.45) is 1.62. The number of hydrogen-bond acceptors (Lipinski definition) is 7. The van der Waals surface area contributed by atoms with Gasteiger partial charge in [0.1, 0.15) is 22.8 Å². The van der Waals surface area contributed by atoms with Crippen LogP contribution in [0, 0.1) is 24.6 Å². The molecule has 5 aromatic rings. The second-order valence-corrected chi connectivity index (χ2v) is 9.98. The highest BCUT2D eigenvalue weighted by molar-refractivity contribution is 7.19. The fourth-order valence-corrected chi connectivity index (χ4v) is 5.09. The van der Waals surface area contributed by atoms with Crippen LogP contribution in [0.3, 0.4) is 0 Å². The largest absolute Gasteiger partial charge is 0.453 e. The molecule has 0 aliphatic rings. The average Bonchev–Trinajstić information content (AvgIpc) is 3.57. The molecule has 5 rings (SSSR count). The Hall–Kier alpha value is -4.52. The van der Waals surface area contributed by atoms with Gasteiger partial charge >= 0.3 is 0 Å². The molecule has 1 N–H and O–H groups in total. The number of amides is 1. The number of thiophene rings is 1. The number of aryl methyl sites for hydroxylation is 1. The van der Waals surface area contributed by atoms with Gasteiger partial charge in [0.25, 0.3) is 5.91 Å². The van der Waals surface area contributed by atoms with Crippen molar-refractivity contribution >= 4 is 33.1 Å². The summed E-state index contributed by atoms with van der Waals surface area (Å²) in [6, 6.07) is 17.1. The van der Waals surface area contributed by atoms with Gasteiger partial charge in [-0.15, -0.1) is 11.3 Å². The molecule has 0 atom stereocenters. The van der Waals surface area contributed by atoms with E-state index in [1.165, 1.54) is 23.5 Å². The Morgan fingerprint density at radius 3 is 2.65 bits per heavy atom. The summed E-state index contributed by atoms with van der Waals surface area (Å²) in [5.74, 6) is 6.21. The van der Waals surface area contributed by atoms with Crippen LogP contribution in [0.15, 0.2) is 71.4 Å². The van der Waals surface area contributed by atoms with Crippen LogP contribution in [0.4, 0.5) is 10.1 Å². The van der Waals surface area contributed by atoms with Gasteiger partial charge in [-0.25, -0.2) is 4.39 Å². The van der Waals surface area contributed by atoms with E-state index in [1.54, 1.807) is 25.3 Å². The second-order valence-electron chi connectivity index (χ2n) is 8.93. The lowest BCUT2D eigenvalue weighted by atomic mass is 10.1. The normalized spacial score (nSPS) is 10.9. The zero-order chi connectivity index (χ0) is 28.1. The predicted molar refractivity (Wildman–Crippen MR) is 155 cm³/mol. The topological polar surface area (TPSA) is 80.5 Å². The first-order valence-corrected chi connectivity index (χ1v) is 13.7. The molecule has 0 fully saturated rings. The third kappa shape index (κ3) is 5.88. The maximum absolute atomic E-state index is 15.1. The first-order valence-electron chi connectivity index (χ1n) is 12.9. The minimum Gasteiger partial charge on any atom is -0.453 e. The Kier molecular flexibility index (Phi) is 8.20. The van der Waals surface area contributed by atoms with Crippen LogP contribution < -0.4 is 10.1 Å². The number of halogens is 1. The van der Waals surface area contributed by atoms with Gasteiger partial charge < -0.3 is 14.6 Å². The number of fused-ring (bicyclic) bond motifs is 1. The number of benzene rings is 2. The van der Waals surface area contributed by atoms with Crippen molar-refractivity contribution in [2.24, 2.45) is 0 Å². The van der Waals surface area contributed by atoms with Gasteiger partial charge in [0, 0.05) is 29.6 Å². The van der Waals surface area contributed by atoms with Crippen LogP contribution in [0.2, 0.25) is 0 Å². The van der Waals surface area contributed by atoms with Crippen molar-refractivity contribution < 1.29 is 18.4 Å². The van der Waals surface area contributed by atoms with Crippen molar-refractivity contribution in [2.75, 3.05) is 25.0 Å². The zero-order valence-electron chi connectivity index (χ0n) is 22.3. The lowest BCUT2D eigenvalue weighted by Gasteiger charge is -2.12. The van der Waals surface area contributed by atoms with Gasteiger partial charge in [-0.2, -0.15) is 0 Å². The van der Waals surface area contributed by atoms with Gasteiger partial charge in [0.15, 0.2) is 11.6 Å².